The van der Waals surface area contributed by atoms with E-state index in [1.165, 1.54) is 11.3 Å². The van der Waals surface area contributed by atoms with Crippen LogP contribution >= 0.6 is 11.3 Å². The van der Waals surface area contributed by atoms with Gasteiger partial charge in [-0.25, -0.2) is 0 Å². The lowest BCUT2D eigenvalue weighted by Crippen LogP contribution is -2.45. The van der Waals surface area contributed by atoms with Gasteiger partial charge in [-0.3, -0.25) is 15.0 Å². The van der Waals surface area contributed by atoms with Gasteiger partial charge in [0, 0.05) is 43.7 Å². The maximum absolute atomic E-state index is 10.8. The van der Waals surface area contributed by atoms with Crippen LogP contribution in [0.2, 0.25) is 0 Å². The van der Waals surface area contributed by atoms with E-state index in [9.17, 15) is 10.1 Å². The Morgan fingerprint density at radius 1 is 1.58 bits per heavy atom. The average molecular weight is 281 g/mol. The van der Waals surface area contributed by atoms with Crippen LogP contribution in [-0.4, -0.2) is 36.0 Å². The quantitative estimate of drug-likeness (QED) is 0.494. The average Bonchev–Trinajstić information content (AvgIpc) is 2.90. The van der Waals surface area contributed by atoms with Gasteiger partial charge in [0.05, 0.1) is 4.92 Å². The lowest BCUT2D eigenvalue weighted by atomic mass is 10.0. The Kier molecular flexibility index (Phi) is 5.07. The third-order valence-corrected chi connectivity index (χ3v) is 4.31. The predicted octanol–water partition coefficient (Wildman–Crippen LogP) is 2.57. The van der Waals surface area contributed by atoms with E-state index < -0.39 is 0 Å². The van der Waals surface area contributed by atoms with Crippen LogP contribution in [0.4, 0.5) is 5.00 Å². The molecule has 1 aliphatic heterocycles. The van der Waals surface area contributed by atoms with Crippen molar-refractivity contribution in [3.8, 4) is 0 Å². The molecule has 1 saturated heterocycles. The van der Waals surface area contributed by atoms with Crippen LogP contribution in [0.5, 0.6) is 0 Å². The molecule has 104 valence electrons. The molecule has 0 saturated carbocycles. The molecule has 0 bridgehead atoms. The number of hydrogen-bond acceptors (Lipinski definition) is 5. The zero-order chi connectivity index (χ0) is 13.7. The Bertz CT molecular complexity index is 441. The molecule has 1 fully saturated rings. The lowest BCUT2D eigenvalue weighted by molar-refractivity contribution is -0.380. The van der Waals surface area contributed by atoms with E-state index in [1.807, 2.05) is 11.5 Å². The molecule has 1 aromatic rings. The zero-order valence-corrected chi connectivity index (χ0v) is 11.7. The molecule has 0 spiro atoms. The van der Waals surface area contributed by atoms with E-state index in [0.29, 0.717) is 0 Å². The molecule has 2 rings (SSSR count). The van der Waals surface area contributed by atoms with Gasteiger partial charge in [0.15, 0.2) is 0 Å². The first-order valence-corrected chi connectivity index (χ1v) is 7.39. The number of thiophene rings is 1. The zero-order valence-electron chi connectivity index (χ0n) is 10.9. The predicted molar refractivity (Wildman–Crippen MR) is 77.6 cm³/mol. The van der Waals surface area contributed by atoms with Crippen LogP contribution in [0, 0.1) is 10.1 Å². The van der Waals surface area contributed by atoms with Gasteiger partial charge < -0.3 is 5.32 Å². The van der Waals surface area contributed by atoms with Crippen molar-refractivity contribution >= 4 is 16.3 Å². The third-order valence-electron chi connectivity index (χ3n) is 3.41. The molecule has 0 amide bonds. The molecule has 6 heteroatoms. The summed E-state index contributed by atoms with van der Waals surface area (Å²) < 4.78 is 0. The maximum atomic E-state index is 10.8. The van der Waals surface area contributed by atoms with Crippen molar-refractivity contribution in [1.82, 2.24) is 10.2 Å². The van der Waals surface area contributed by atoms with Crippen molar-refractivity contribution in [2.45, 2.75) is 18.9 Å². The largest absolute Gasteiger partial charge is 0.324 e. The summed E-state index contributed by atoms with van der Waals surface area (Å²) in [6.45, 7) is 7.72. The van der Waals surface area contributed by atoms with Gasteiger partial charge >= 0.3 is 5.00 Å². The van der Waals surface area contributed by atoms with Crippen molar-refractivity contribution in [2.75, 3.05) is 26.2 Å². The second-order valence-corrected chi connectivity index (χ2v) is 5.53. The van der Waals surface area contributed by atoms with Gasteiger partial charge in [0.25, 0.3) is 0 Å². The van der Waals surface area contributed by atoms with Crippen LogP contribution < -0.4 is 5.32 Å². The summed E-state index contributed by atoms with van der Waals surface area (Å²) in [7, 11) is 0. The Morgan fingerprint density at radius 2 is 2.32 bits per heavy atom. The molecular weight excluding hydrogens is 262 g/mol. The number of nitrogens with zero attached hydrogens (tertiary/aromatic N) is 2. The third kappa shape index (κ3) is 3.62. The van der Waals surface area contributed by atoms with Crippen LogP contribution in [0.3, 0.4) is 0 Å². The lowest BCUT2D eigenvalue weighted by Gasteiger charge is -2.34. The standard InChI is InChI=1S/C13H19N3O2S/c1-2-3-4-12(15-7-5-14-6-8-15)11-9-13(16(17)18)19-10-11/h2,9-10,12,14H,1,3-8H2/t12-/m0/s1. The van der Waals surface area contributed by atoms with E-state index in [4.69, 9.17) is 0 Å². The van der Waals surface area contributed by atoms with Crippen molar-refractivity contribution in [2.24, 2.45) is 0 Å². The fourth-order valence-corrected chi connectivity index (χ4v) is 3.21. The number of hydrogen-bond donors (Lipinski definition) is 1. The van der Waals surface area contributed by atoms with E-state index in [1.54, 1.807) is 6.07 Å². The van der Waals surface area contributed by atoms with Crippen LogP contribution in [0.15, 0.2) is 24.1 Å². The van der Waals surface area contributed by atoms with E-state index in [-0.39, 0.29) is 16.0 Å². The highest BCUT2D eigenvalue weighted by molar-refractivity contribution is 7.13. The summed E-state index contributed by atoms with van der Waals surface area (Å²) in [5.41, 5.74) is 1.07. The normalized spacial score (nSPS) is 18.1. The molecule has 0 aliphatic carbocycles. The van der Waals surface area contributed by atoms with Gasteiger partial charge in [-0.15, -0.1) is 6.58 Å². The molecule has 0 unspecified atom stereocenters. The summed E-state index contributed by atoms with van der Waals surface area (Å²) in [6.07, 6.45) is 3.81. The number of nitrogens with one attached hydrogen (secondary N) is 1. The SMILES string of the molecule is C=CCC[C@@H](c1csc([N+](=O)[O-])c1)N1CCNCC1. The highest BCUT2D eigenvalue weighted by atomic mass is 32.1. The first-order chi connectivity index (χ1) is 9.22. The van der Waals surface area contributed by atoms with E-state index >= 15 is 0 Å². The second kappa shape index (κ2) is 6.79. The van der Waals surface area contributed by atoms with Crippen LogP contribution in [0.1, 0.15) is 24.4 Å². The van der Waals surface area contributed by atoms with Crippen molar-refractivity contribution in [3.05, 3.63) is 39.8 Å². The molecule has 1 aromatic heterocycles. The van der Waals surface area contributed by atoms with Gasteiger partial charge in [-0.1, -0.05) is 17.4 Å². The smallest absolute Gasteiger partial charge is 0.314 e. The summed E-state index contributed by atoms with van der Waals surface area (Å²) in [6, 6.07) is 1.99. The highest BCUT2D eigenvalue weighted by Crippen LogP contribution is 2.33. The molecule has 0 aromatic carbocycles. The molecule has 19 heavy (non-hydrogen) atoms. The summed E-state index contributed by atoms with van der Waals surface area (Å²) in [5.74, 6) is 0. The second-order valence-electron chi connectivity index (χ2n) is 4.64. The van der Waals surface area contributed by atoms with E-state index in [0.717, 1.165) is 44.6 Å². The summed E-state index contributed by atoms with van der Waals surface area (Å²) in [4.78, 5) is 12.9. The minimum absolute atomic E-state index is 0.230. The molecule has 1 aliphatic rings. The van der Waals surface area contributed by atoms with Gasteiger partial charge in [-0.05, 0) is 18.4 Å². The maximum Gasteiger partial charge on any atom is 0.324 e. The minimum atomic E-state index is -0.309. The van der Waals surface area contributed by atoms with Crippen molar-refractivity contribution in [3.63, 3.8) is 0 Å². The minimum Gasteiger partial charge on any atom is -0.314 e. The molecule has 0 radical (unpaired) electrons. The van der Waals surface area contributed by atoms with Gasteiger partial charge in [-0.2, -0.15) is 0 Å². The first-order valence-electron chi connectivity index (χ1n) is 6.51. The van der Waals surface area contributed by atoms with Crippen molar-refractivity contribution < 1.29 is 4.92 Å². The Morgan fingerprint density at radius 3 is 2.89 bits per heavy atom. The van der Waals surface area contributed by atoms with Gasteiger partial charge in [0.1, 0.15) is 0 Å². The monoisotopic (exact) mass is 281 g/mol. The fourth-order valence-electron chi connectivity index (χ4n) is 2.44. The van der Waals surface area contributed by atoms with E-state index in [2.05, 4.69) is 16.8 Å². The Labute approximate surface area is 117 Å². The number of rotatable bonds is 6. The Balaban J connectivity index is 2.14. The Hall–Kier alpha value is -1.24. The molecule has 1 N–H and O–H groups in total. The summed E-state index contributed by atoms with van der Waals surface area (Å²) >= 11 is 1.22. The first kappa shape index (κ1) is 14.2. The number of piperazine rings is 1. The highest BCUT2D eigenvalue weighted by Gasteiger charge is 2.24. The molecule has 2 heterocycles. The topological polar surface area (TPSA) is 58.4 Å². The fraction of sp³-hybridized carbons (Fsp3) is 0.538. The molecule has 5 nitrogen and oxygen atoms in total. The molecular formula is C13H19N3O2S. The van der Waals surface area contributed by atoms with Crippen molar-refractivity contribution in [1.29, 1.82) is 0 Å². The number of nitro groups is 1. The summed E-state index contributed by atoms with van der Waals surface area (Å²) in [5, 5.41) is 16.3. The van der Waals surface area contributed by atoms with Crippen LogP contribution in [0.25, 0.3) is 0 Å². The van der Waals surface area contributed by atoms with Crippen LogP contribution in [-0.2, 0) is 0 Å². The number of allylic oxidation sites excluding steroid dienone is 1. The van der Waals surface area contributed by atoms with Gasteiger partial charge in [0.2, 0.25) is 0 Å². The molecule has 1 atom stereocenters.